The highest BCUT2D eigenvalue weighted by molar-refractivity contribution is 7.99. The van der Waals surface area contributed by atoms with Crippen molar-refractivity contribution in [3.05, 3.63) is 53.3 Å². The fourth-order valence-electron chi connectivity index (χ4n) is 2.67. The van der Waals surface area contributed by atoms with Gasteiger partial charge < -0.3 is 15.2 Å². The zero-order valence-electron chi connectivity index (χ0n) is 16.3. The summed E-state index contributed by atoms with van der Waals surface area (Å²) in [7, 11) is 0. The number of nitrogens with zero attached hydrogens (tertiary/aromatic N) is 4. The van der Waals surface area contributed by atoms with Crippen molar-refractivity contribution in [3.63, 3.8) is 0 Å². The Bertz CT molecular complexity index is 957. The van der Waals surface area contributed by atoms with Crippen LogP contribution in [0.1, 0.15) is 49.0 Å². The van der Waals surface area contributed by atoms with E-state index in [0.717, 1.165) is 0 Å². The van der Waals surface area contributed by atoms with Crippen LogP contribution in [0, 0.1) is 0 Å². The molecule has 0 saturated heterocycles. The lowest BCUT2D eigenvalue weighted by Crippen LogP contribution is -2.29. The topological polar surface area (TPSA) is 102 Å². The van der Waals surface area contributed by atoms with E-state index in [2.05, 4.69) is 25.8 Å². The minimum Gasteiger partial charge on any atom is -0.342 e. The lowest BCUT2D eigenvalue weighted by atomic mass is 10.2. The van der Waals surface area contributed by atoms with Gasteiger partial charge in [0.15, 0.2) is 16.1 Å². The third-order valence-corrected chi connectivity index (χ3v) is 5.62. The van der Waals surface area contributed by atoms with Crippen LogP contribution in [0.5, 0.6) is 0 Å². The Morgan fingerprint density at radius 3 is 2.59 bits per heavy atom. The zero-order valence-corrected chi connectivity index (χ0v) is 18.0. The van der Waals surface area contributed by atoms with Crippen LogP contribution < -0.4 is 10.6 Å². The monoisotopic (exact) mass is 430 g/mol. The van der Waals surface area contributed by atoms with Crippen molar-refractivity contribution >= 4 is 40.0 Å². The van der Waals surface area contributed by atoms with E-state index < -0.39 is 0 Å². The van der Waals surface area contributed by atoms with E-state index >= 15 is 0 Å². The molecule has 0 aliphatic carbocycles. The van der Waals surface area contributed by atoms with Gasteiger partial charge in [0, 0.05) is 23.2 Å². The first-order valence-electron chi connectivity index (χ1n) is 9.08. The van der Waals surface area contributed by atoms with E-state index in [1.807, 2.05) is 43.5 Å². The number of thiazole rings is 1. The van der Waals surface area contributed by atoms with Gasteiger partial charge in [-0.25, -0.2) is 4.98 Å². The fraction of sp³-hybridized carbons (Fsp3) is 0.316. The molecule has 10 heteroatoms. The Morgan fingerprint density at radius 1 is 1.17 bits per heavy atom. The number of carbonyl (C=O) groups is 2. The number of anilines is 1. The van der Waals surface area contributed by atoms with Crippen LogP contribution in [0.15, 0.2) is 47.1 Å². The van der Waals surface area contributed by atoms with Crippen LogP contribution >= 0.6 is 23.1 Å². The van der Waals surface area contributed by atoms with E-state index in [0.29, 0.717) is 21.7 Å². The molecule has 152 valence electrons. The van der Waals surface area contributed by atoms with Crippen molar-refractivity contribution in [2.24, 2.45) is 0 Å². The average molecular weight is 431 g/mol. The average Bonchev–Trinajstić information content (AvgIpc) is 3.36. The number of thioether (sulfide) groups is 1. The summed E-state index contributed by atoms with van der Waals surface area (Å²) in [6.07, 6.45) is 1.64. The summed E-state index contributed by atoms with van der Waals surface area (Å²) in [5.74, 6) is 0.505. The molecular formula is C19H22N6O2S2. The second-order valence-corrected chi connectivity index (χ2v) is 8.38. The molecule has 0 spiro atoms. The Kier molecular flexibility index (Phi) is 6.99. The number of carbonyl (C=O) groups excluding carboxylic acids is 2. The van der Waals surface area contributed by atoms with Crippen molar-refractivity contribution in [3.8, 4) is 0 Å². The Labute approximate surface area is 177 Å². The third-order valence-electron chi connectivity index (χ3n) is 3.99. The number of nitrogens with one attached hydrogen (secondary N) is 2. The summed E-state index contributed by atoms with van der Waals surface area (Å²) in [5, 5.41) is 17.2. The quantitative estimate of drug-likeness (QED) is 0.530. The van der Waals surface area contributed by atoms with Gasteiger partial charge in [0.2, 0.25) is 5.91 Å². The van der Waals surface area contributed by atoms with Crippen LogP contribution in [0.25, 0.3) is 0 Å². The van der Waals surface area contributed by atoms with Crippen LogP contribution in [0.3, 0.4) is 0 Å². The number of amides is 2. The lowest BCUT2D eigenvalue weighted by molar-refractivity contribution is -0.113. The van der Waals surface area contributed by atoms with Gasteiger partial charge in [0.05, 0.1) is 11.8 Å². The second kappa shape index (κ2) is 9.66. The molecule has 29 heavy (non-hydrogen) atoms. The fourth-order valence-corrected chi connectivity index (χ4v) is 4.09. The molecule has 0 aliphatic heterocycles. The Morgan fingerprint density at radius 2 is 1.93 bits per heavy atom. The van der Waals surface area contributed by atoms with Gasteiger partial charge in [-0.2, -0.15) is 0 Å². The summed E-state index contributed by atoms with van der Waals surface area (Å²) >= 11 is 2.67. The maximum Gasteiger partial charge on any atom is 0.251 e. The highest BCUT2D eigenvalue weighted by atomic mass is 32.2. The van der Waals surface area contributed by atoms with Gasteiger partial charge >= 0.3 is 0 Å². The molecule has 0 unspecified atom stereocenters. The molecule has 3 rings (SSSR count). The number of hydrogen-bond acceptors (Lipinski definition) is 7. The molecule has 3 aromatic rings. The van der Waals surface area contributed by atoms with E-state index in [9.17, 15) is 9.59 Å². The second-order valence-electron chi connectivity index (χ2n) is 6.54. The number of benzene rings is 1. The minimum atomic E-state index is -0.337. The molecule has 2 N–H and O–H groups in total. The van der Waals surface area contributed by atoms with E-state index in [-0.39, 0.29) is 29.7 Å². The van der Waals surface area contributed by atoms with Crippen molar-refractivity contribution in [1.82, 2.24) is 25.1 Å². The van der Waals surface area contributed by atoms with Crippen LogP contribution in [0.4, 0.5) is 5.13 Å². The first-order valence-corrected chi connectivity index (χ1v) is 10.9. The van der Waals surface area contributed by atoms with Gasteiger partial charge in [-0.05, 0) is 32.9 Å². The minimum absolute atomic E-state index is 0.0700. The molecule has 2 heterocycles. The normalized spacial score (nSPS) is 12.0. The molecule has 0 bridgehead atoms. The van der Waals surface area contributed by atoms with Crippen molar-refractivity contribution in [2.75, 3.05) is 11.1 Å². The van der Waals surface area contributed by atoms with Gasteiger partial charge in [-0.3, -0.25) is 9.59 Å². The maximum atomic E-state index is 12.5. The Balaban J connectivity index is 1.67. The first-order chi connectivity index (χ1) is 14.0. The SMILES string of the molecule is CC(C)n1c(SCC(=O)Nc2nccs2)nnc1[C@@H](C)NC(=O)c1ccccc1. The molecule has 1 atom stereocenters. The molecule has 2 amide bonds. The number of aromatic nitrogens is 4. The highest BCUT2D eigenvalue weighted by Crippen LogP contribution is 2.25. The van der Waals surface area contributed by atoms with Gasteiger partial charge in [-0.1, -0.05) is 30.0 Å². The van der Waals surface area contributed by atoms with E-state index in [1.54, 1.807) is 23.7 Å². The maximum absolute atomic E-state index is 12.5. The van der Waals surface area contributed by atoms with Crippen LogP contribution in [-0.2, 0) is 4.79 Å². The molecule has 0 fully saturated rings. The summed E-state index contributed by atoms with van der Waals surface area (Å²) < 4.78 is 1.94. The molecule has 0 radical (unpaired) electrons. The van der Waals surface area contributed by atoms with Crippen LogP contribution in [0.2, 0.25) is 0 Å². The summed E-state index contributed by atoms with van der Waals surface area (Å²) in [4.78, 5) is 28.6. The van der Waals surface area contributed by atoms with Crippen LogP contribution in [-0.4, -0.2) is 37.3 Å². The van der Waals surface area contributed by atoms with Gasteiger partial charge in [-0.15, -0.1) is 21.5 Å². The predicted octanol–water partition coefficient (Wildman–Crippen LogP) is 3.54. The number of hydrogen-bond donors (Lipinski definition) is 2. The molecule has 0 aliphatic rings. The molecule has 0 saturated carbocycles. The smallest absolute Gasteiger partial charge is 0.251 e. The van der Waals surface area contributed by atoms with Crippen molar-refractivity contribution < 1.29 is 9.59 Å². The Hall–Kier alpha value is -2.72. The number of rotatable bonds is 8. The summed E-state index contributed by atoms with van der Waals surface area (Å²) in [5.41, 5.74) is 0.586. The van der Waals surface area contributed by atoms with E-state index in [1.165, 1.54) is 23.1 Å². The largest absolute Gasteiger partial charge is 0.342 e. The molecule has 2 aromatic heterocycles. The third kappa shape index (κ3) is 5.42. The van der Waals surface area contributed by atoms with Gasteiger partial charge in [0.25, 0.3) is 5.91 Å². The summed E-state index contributed by atoms with van der Waals surface area (Å²) in [6.45, 7) is 5.89. The zero-order chi connectivity index (χ0) is 20.8. The van der Waals surface area contributed by atoms with Crippen molar-refractivity contribution in [2.45, 2.75) is 38.0 Å². The van der Waals surface area contributed by atoms with Crippen molar-refractivity contribution in [1.29, 1.82) is 0 Å². The van der Waals surface area contributed by atoms with Gasteiger partial charge in [0.1, 0.15) is 0 Å². The predicted molar refractivity (Wildman–Crippen MR) is 114 cm³/mol. The summed E-state index contributed by atoms with van der Waals surface area (Å²) in [6, 6.07) is 8.76. The molecule has 8 nitrogen and oxygen atoms in total. The lowest BCUT2D eigenvalue weighted by Gasteiger charge is -2.18. The first kappa shape index (κ1) is 21.0. The standard InChI is InChI=1S/C19H22N6O2S2/c1-12(2)25-16(13(3)21-17(27)14-7-5-4-6-8-14)23-24-19(25)29-11-15(26)22-18-20-9-10-28-18/h4-10,12-13H,11H2,1-3H3,(H,21,27)(H,20,22,26)/t13-/m1/s1. The van der Waals surface area contributed by atoms with E-state index in [4.69, 9.17) is 0 Å². The molecular weight excluding hydrogens is 408 g/mol. The molecule has 1 aromatic carbocycles. The highest BCUT2D eigenvalue weighted by Gasteiger charge is 2.22.